The normalized spacial score (nSPS) is 12.4. The van der Waals surface area contributed by atoms with E-state index in [4.69, 9.17) is 4.74 Å². The maximum atomic E-state index is 12.3. The van der Waals surface area contributed by atoms with E-state index < -0.39 is 5.60 Å². The van der Waals surface area contributed by atoms with Gasteiger partial charge < -0.3 is 15.0 Å². The van der Waals surface area contributed by atoms with Crippen molar-refractivity contribution in [3.63, 3.8) is 0 Å². The minimum atomic E-state index is -0.536. The molecule has 0 saturated carbocycles. The Labute approximate surface area is 149 Å². The van der Waals surface area contributed by atoms with Gasteiger partial charge in [0, 0.05) is 12.2 Å². The van der Waals surface area contributed by atoms with E-state index in [2.05, 4.69) is 5.32 Å². The lowest BCUT2D eigenvalue weighted by Crippen LogP contribution is -2.36. The highest BCUT2D eigenvalue weighted by Crippen LogP contribution is 2.20. The number of nitrogens with zero attached hydrogens (tertiary/aromatic N) is 1. The average molecular weight is 353 g/mol. The molecule has 1 N–H and O–H groups in total. The van der Waals surface area contributed by atoms with E-state index in [9.17, 15) is 9.59 Å². The molecule has 0 spiro atoms. The second-order valence-electron chi connectivity index (χ2n) is 6.52. The minimum Gasteiger partial charge on any atom is -0.444 e. The molecule has 0 heterocycles. The van der Waals surface area contributed by atoms with Crippen LogP contribution in [0.4, 0.5) is 10.5 Å². The number of thioether (sulfide) groups is 1. The topological polar surface area (TPSA) is 58.6 Å². The molecule has 134 valence electrons. The first kappa shape index (κ1) is 20.4. The Morgan fingerprint density at radius 1 is 1.29 bits per heavy atom. The van der Waals surface area contributed by atoms with Crippen LogP contribution in [0.5, 0.6) is 0 Å². The molecule has 1 aromatic carbocycles. The number of amides is 2. The molecule has 0 bridgehead atoms. The standard InChI is InChI=1S/C18H28N2O3S/c1-7-20(17(22)23-18(3,4)5)12-14-10-8-9-11-15(14)19-16(21)13(2)24-6/h8-11,13H,7,12H2,1-6H3,(H,19,21). The molecule has 0 aromatic heterocycles. The summed E-state index contributed by atoms with van der Waals surface area (Å²) in [5.41, 5.74) is 1.07. The molecule has 0 aliphatic rings. The van der Waals surface area contributed by atoms with E-state index in [1.54, 1.807) is 4.90 Å². The van der Waals surface area contributed by atoms with Gasteiger partial charge in [-0.3, -0.25) is 4.79 Å². The number of anilines is 1. The predicted molar refractivity (Wildman–Crippen MR) is 100 cm³/mol. The third kappa shape index (κ3) is 6.43. The Bertz CT molecular complexity index is 570. The molecular weight excluding hydrogens is 324 g/mol. The van der Waals surface area contributed by atoms with Crippen LogP contribution < -0.4 is 5.32 Å². The van der Waals surface area contributed by atoms with Crippen LogP contribution in [0.2, 0.25) is 0 Å². The van der Waals surface area contributed by atoms with Gasteiger partial charge >= 0.3 is 6.09 Å². The van der Waals surface area contributed by atoms with Crippen LogP contribution in [0, 0.1) is 0 Å². The van der Waals surface area contributed by atoms with E-state index in [1.807, 2.05) is 65.1 Å². The molecule has 0 aliphatic carbocycles. The SMILES string of the molecule is CCN(Cc1ccccc1NC(=O)C(C)SC)C(=O)OC(C)(C)C. The third-order valence-electron chi connectivity index (χ3n) is 3.39. The maximum absolute atomic E-state index is 12.3. The summed E-state index contributed by atoms with van der Waals surface area (Å²) in [4.78, 5) is 26.0. The molecule has 0 aliphatic heterocycles. The number of carbonyl (C=O) groups excluding carboxylic acids is 2. The molecule has 0 radical (unpaired) electrons. The van der Waals surface area contributed by atoms with E-state index in [0.717, 1.165) is 11.3 Å². The molecule has 1 atom stereocenters. The average Bonchev–Trinajstić information content (AvgIpc) is 2.51. The number of hydrogen-bond acceptors (Lipinski definition) is 4. The fourth-order valence-electron chi connectivity index (χ4n) is 1.96. The highest BCUT2D eigenvalue weighted by molar-refractivity contribution is 7.99. The van der Waals surface area contributed by atoms with Crippen LogP contribution in [0.3, 0.4) is 0 Å². The molecule has 0 saturated heterocycles. The van der Waals surface area contributed by atoms with Gasteiger partial charge in [-0.15, -0.1) is 0 Å². The van der Waals surface area contributed by atoms with Gasteiger partial charge in [-0.25, -0.2) is 4.79 Å². The van der Waals surface area contributed by atoms with Gasteiger partial charge in [0.15, 0.2) is 0 Å². The molecule has 6 heteroatoms. The number of rotatable bonds is 6. The molecule has 24 heavy (non-hydrogen) atoms. The smallest absolute Gasteiger partial charge is 0.410 e. The lowest BCUT2D eigenvalue weighted by molar-refractivity contribution is -0.115. The van der Waals surface area contributed by atoms with Crippen LogP contribution in [-0.4, -0.2) is 40.6 Å². The van der Waals surface area contributed by atoms with Gasteiger partial charge in [-0.05, 0) is 52.5 Å². The van der Waals surface area contributed by atoms with E-state index in [-0.39, 0.29) is 17.3 Å². The number of ether oxygens (including phenoxy) is 1. The fourth-order valence-corrected chi connectivity index (χ4v) is 2.23. The molecule has 1 unspecified atom stereocenters. The van der Waals surface area contributed by atoms with Gasteiger partial charge in [0.25, 0.3) is 0 Å². The van der Waals surface area contributed by atoms with Gasteiger partial charge in [-0.1, -0.05) is 18.2 Å². The second kappa shape index (κ2) is 8.97. The molecular formula is C18H28N2O3S. The zero-order valence-corrected chi connectivity index (χ0v) is 16.2. The molecule has 1 aromatic rings. The zero-order valence-electron chi connectivity index (χ0n) is 15.4. The largest absolute Gasteiger partial charge is 0.444 e. The van der Waals surface area contributed by atoms with Crippen LogP contribution >= 0.6 is 11.8 Å². The zero-order chi connectivity index (χ0) is 18.3. The summed E-state index contributed by atoms with van der Waals surface area (Å²) in [6.07, 6.45) is 1.54. The van der Waals surface area contributed by atoms with E-state index in [1.165, 1.54) is 11.8 Å². The van der Waals surface area contributed by atoms with Crippen molar-refractivity contribution in [1.29, 1.82) is 0 Å². The minimum absolute atomic E-state index is 0.0460. The number of hydrogen-bond donors (Lipinski definition) is 1. The first-order valence-corrected chi connectivity index (χ1v) is 9.36. The highest BCUT2D eigenvalue weighted by atomic mass is 32.2. The summed E-state index contributed by atoms with van der Waals surface area (Å²) in [6, 6.07) is 7.52. The van der Waals surface area contributed by atoms with E-state index >= 15 is 0 Å². The summed E-state index contributed by atoms with van der Waals surface area (Å²) in [7, 11) is 0. The summed E-state index contributed by atoms with van der Waals surface area (Å²) in [6.45, 7) is 10.2. The quantitative estimate of drug-likeness (QED) is 0.836. The van der Waals surface area contributed by atoms with Crippen molar-refractivity contribution < 1.29 is 14.3 Å². The molecule has 5 nitrogen and oxygen atoms in total. The molecule has 1 rings (SSSR count). The Morgan fingerprint density at radius 3 is 2.46 bits per heavy atom. The Balaban J connectivity index is 2.89. The predicted octanol–water partition coefficient (Wildman–Crippen LogP) is 4.13. The number of carbonyl (C=O) groups is 2. The van der Waals surface area contributed by atoms with Crippen molar-refractivity contribution in [3.05, 3.63) is 29.8 Å². The van der Waals surface area contributed by atoms with Gasteiger partial charge in [-0.2, -0.15) is 11.8 Å². The maximum Gasteiger partial charge on any atom is 0.410 e. The summed E-state index contributed by atoms with van der Waals surface area (Å²) in [5, 5.41) is 2.81. The van der Waals surface area contributed by atoms with Gasteiger partial charge in [0.2, 0.25) is 5.91 Å². The first-order valence-electron chi connectivity index (χ1n) is 8.07. The third-order valence-corrected chi connectivity index (χ3v) is 4.31. The molecule has 2 amide bonds. The second-order valence-corrected chi connectivity index (χ2v) is 7.70. The Hall–Kier alpha value is -1.69. The molecule has 0 fully saturated rings. The van der Waals surface area contributed by atoms with Crippen molar-refractivity contribution in [3.8, 4) is 0 Å². The summed E-state index contributed by atoms with van der Waals surface area (Å²) < 4.78 is 5.44. The fraction of sp³-hybridized carbons (Fsp3) is 0.556. The van der Waals surface area contributed by atoms with Gasteiger partial charge in [0.05, 0.1) is 11.8 Å². The summed E-state index contributed by atoms with van der Waals surface area (Å²) in [5.74, 6) is -0.0460. The van der Waals surface area contributed by atoms with Crippen LogP contribution in [0.1, 0.15) is 40.2 Å². The lowest BCUT2D eigenvalue weighted by Gasteiger charge is -2.27. The Kier molecular flexibility index (Phi) is 7.60. The van der Waals surface area contributed by atoms with Crippen LogP contribution in [0.15, 0.2) is 24.3 Å². The van der Waals surface area contributed by atoms with Crippen LogP contribution in [0.25, 0.3) is 0 Å². The lowest BCUT2D eigenvalue weighted by atomic mass is 10.1. The van der Waals surface area contributed by atoms with Crippen LogP contribution in [-0.2, 0) is 16.1 Å². The monoisotopic (exact) mass is 352 g/mol. The van der Waals surface area contributed by atoms with Crippen molar-refractivity contribution in [2.75, 3.05) is 18.1 Å². The number of para-hydroxylation sites is 1. The first-order chi connectivity index (χ1) is 11.2. The van der Waals surface area contributed by atoms with Crippen molar-refractivity contribution in [1.82, 2.24) is 4.90 Å². The van der Waals surface area contributed by atoms with E-state index in [0.29, 0.717) is 13.1 Å². The number of nitrogens with one attached hydrogen (secondary N) is 1. The highest BCUT2D eigenvalue weighted by Gasteiger charge is 2.22. The Morgan fingerprint density at radius 2 is 1.92 bits per heavy atom. The van der Waals surface area contributed by atoms with Gasteiger partial charge in [0.1, 0.15) is 5.60 Å². The van der Waals surface area contributed by atoms with Crippen molar-refractivity contribution in [2.45, 2.75) is 52.0 Å². The summed E-state index contributed by atoms with van der Waals surface area (Å²) >= 11 is 1.49. The van der Waals surface area contributed by atoms with Crippen molar-refractivity contribution >= 4 is 29.4 Å². The number of benzene rings is 1. The van der Waals surface area contributed by atoms with Crippen molar-refractivity contribution in [2.24, 2.45) is 0 Å².